The van der Waals surface area contributed by atoms with Crippen LogP contribution in [0.2, 0.25) is 0 Å². The van der Waals surface area contributed by atoms with Crippen molar-refractivity contribution in [3.05, 3.63) is 41.0 Å². The molecule has 2 atom stereocenters. The van der Waals surface area contributed by atoms with Crippen molar-refractivity contribution >= 4 is 15.0 Å². The zero-order valence-corrected chi connectivity index (χ0v) is 14.5. The minimum Gasteiger partial charge on any atom is -0.490 e. The molecule has 0 fully saturated rings. The molecule has 0 heterocycles. The van der Waals surface area contributed by atoms with Gasteiger partial charge in [0, 0.05) is 11.8 Å². The van der Waals surface area contributed by atoms with E-state index in [0.717, 1.165) is 25.0 Å². The summed E-state index contributed by atoms with van der Waals surface area (Å²) in [5.74, 6) is 1.27. The van der Waals surface area contributed by atoms with Crippen molar-refractivity contribution < 1.29 is 9.53 Å². The van der Waals surface area contributed by atoms with Crippen LogP contribution >= 0.6 is 9.24 Å². The second-order valence-corrected chi connectivity index (χ2v) is 6.78. The predicted molar refractivity (Wildman–Crippen MR) is 93.5 cm³/mol. The zero-order valence-electron chi connectivity index (χ0n) is 13.4. The summed E-state index contributed by atoms with van der Waals surface area (Å²) in [5, 5.41) is 0. The molecule has 0 amide bonds. The number of allylic oxidation sites excluding steroid dienone is 2. The van der Waals surface area contributed by atoms with E-state index in [2.05, 4.69) is 34.4 Å². The lowest BCUT2D eigenvalue weighted by Gasteiger charge is -2.44. The predicted octanol–water partition coefficient (Wildman–Crippen LogP) is 4.56. The van der Waals surface area contributed by atoms with Crippen LogP contribution in [0.1, 0.15) is 56.6 Å². The lowest BCUT2D eigenvalue weighted by atomic mass is 9.60. The lowest BCUT2D eigenvalue weighted by Crippen LogP contribution is -2.37. The summed E-state index contributed by atoms with van der Waals surface area (Å²) in [6.45, 7) is 2.24. The Balaban J connectivity index is 2.05. The molecule has 2 unspecified atom stereocenters. The third kappa shape index (κ3) is 2.74. The van der Waals surface area contributed by atoms with Crippen molar-refractivity contribution in [2.45, 2.75) is 57.3 Å². The number of hydrogen-bond acceptors (Lipinski definition) is 2. The average molecular weight is 316 g/mol. The first-order chi connectivity index (χ1) is 10.7. The maximum Gasteiger partial charge on any atom is 0.155 e. The molecule has 1 aromatic carbocycles. The smallest absolute Gasteiger partial charge is 0.155 e. The number of ether oxygens (including phenoxy) is 1. The first-order valence-corrected chi connectivity index (χ1v) is 9.21. The van der Waals surface area contributed by atoms with Gasteiger partial charge in [0.05, 0.1) is 0 Å². The average Bonchev–Trinajstić information content (AvgIpc) is 2.53. The molecule has 0 aliphatic heterocycles. The van der Waals surface area contributed by atoms with Crippen molar-refractivity contribution in [2.75, 3.05) is 6.35 Å². The van der Waals surface area contributed by atoms with E-state index in [1.807, 2.05) is 6.08 Å². The van der Waals surface area contributed by atoms with Crippen molar-refractivity contribution in [3.63, 3.8) is 0 Å². The highest BCUT2D eigenvalue weighted by atomic mass is 31.0. The van der Waals surface area contributed by atoms with Gasteiger partial charge in [0.2, 0.25) is 0 Å². The molecule has 0 bridgehead atoms. The topological polar surface area (TPSA) is 26.3 Å². The summed E-state index contributed by atoms with van der Waals surface area (Å²) < 4.78 is 5.63. The minimum atomic E-state index is 0.108. The molecule has 118 valence electrons. The number of fused-ring (bicyclic) bond motifs is 3. The van der Waals surface area contributed by atoms with E-state index in [1.165, 1.54) is 36.0 Å². The quantitative estimate of drug-likeness (QED) is 0.744. The summed E-state index contributed by atoms with van der Waals surface area (Å²) in [5.41, 5.74) is 4.35. The highest BCUT2D eigenvalue weighted by Crippen LogP contribution is 2.50. The number of hydrogen-bond donors (Lipinski definition) is 0. The van der Waals surface area contributed by atoms with E-state index in [0.29, 0.717) is 18.6 Å². The van der Waals surface area contributed by atoms with Crippen LogP contribution in [0.5, 0.6) is 5.75 Å². The minimum absolute atomic E-state index is 0.108. The van der Waals surface area contributed by atoms with E-state index < -0.39 is 0 Å². The number of carbonyl (C=O) groups excluding carboxylic acids is 1. The van der Waals surface area contributed by atoms with Gasteiger partial charge in [-0.3, -0.25) is 4.79 Å². The molecule has 3 rings (SSSR count). The Morgan fingerprint density at radius 1 is 1.27 bits per heavy atom. The van der Waals surface area contributed by atoms with Crippen LogP contribution < -0.4 is 4.74 Å². The number of carbonyl (C=O) groups is 1. The van der Waals surface area contributed by atoms with Gasteiger partial charge in [-0.1, -0.05) is 40.6 Å². The summed E-state index contributed by atoms with van der Waals surface area (Å²) in [4.78, 5) is 11.9. The van der Waals surface area contributed by atoms with E-state index >= 15 is 0 Å². The third-order valence-corrected chi connectivity index (χ3v) is 5.38. The lowest BCUT2D eigenvalue weighted by molar-refractivity contribution is -0.115. The number of benzene rings is 1. The van der Waals surface area contributed by atoms with Crippen molar-refractivity contribution in [1.82, 2.24) is 0 Å². The van der Waals surface area contributed by atoms with Gasteiger partial charge >= 0.3 is 0 Å². The molecule has 0 aromatic heterocycles. The third-order valence-electron chi connectivity index (χ3n) is 5.21. The van der Waals surface area contributed by atoms with Gasteiger partial charge in [-0.05, 0) is 55.0 Å². The Labute approximate surface area is 135 Å². The van der Waals surface area contributed by atoms with Crippen LogP contribution in [0.3, 0.4) is 0 Å². The Kier molecular flexibility index (Phi) is 4.68. The molecular weight excluding hydrogens is 291 g/mol. The molecule has 0 saturated carbocycles. The highest BCUT2D eigenvalue weighted by Gasteiger charge is 2.42. The number of rotatable bonds is 5. The highest BCUT2D eigenvalue weighted by molar-refractivity contribution is 7.16. The Hall–Kier alpha value is -1.14. The maximum absolute atomic E-state index is 11.9. The maximum atomic E-state index is 11.9. The fourth-order valence-electron chi connectivity index (χ4n) is 4.12. The molecule has 2 aliphatic rings. The van der Waals surface area contributed by atoms with Gasteiger partial charge in [0.1, 0.15) is 12.1 Å². The summed E-state index contributed by atoms with van der Waals surface area (Å²) in [6, 6.07) is 6.56. The molecule has 0 N–H and O–H groups in total. The van der Waals surface area contributed by atoms with Crippen LogP contribution in [0, 0.1) is 0 Å². The fourth-order valence-corrected chi connectivity index (χ4v) is 4.31. The molecule has 2 nitrogen and oxygen atoms in total. The number of ketones is 1. The van der Waals surface area contributed by atoms with Gasteiger partial charge in [-0.15, -0.1) is 0 Å². The van der Waals surface area contributed by atoms with Gasteiger partial charge in [-0.25, -0.2) is 0 Å². The van der Waals surface area contributed by atoms with Crippen molar-refractivity contribution in [2.24, 2.45) is 0 Å². The summed E-state index contributed by atoms with van der Waals surface area (Å²) in [7, 11) is 2.60. The molecule has 0 radical (unpaired) electrons. The van der Waals surface area contributed by atoms with Crippen molar-refractivity contribution in [1.29, 1.82) is 0 Å². The fraction of sp³-hybridized carbons (Fsp3) is 0.526. The van der Waals surface area contributed by atoms with E-state index in [1.54, 1.807) is 0 Å². The van der Waals surface area contributed by atoms with E-state index in [-0.39, 0.29) is 5.41 Å². The Bertz CT molecular complexity index is 605. The van der Waals surface area contributed by atoms with Gasteiger partial charge in [-0.2, -0.15) is 0 Å². The molecular formula is C19H25O2P. The first kappa shape index (κ1) is 15.7. The van der Waals surface area contributed by atoms with Crippen LogP contribution in [0.4, 0.5) is 0 Å². The molecule has 1 aromatic rings. The number of unbranched alkanes of at least 4 members (excludes halogenated alkanes) is 1. The van der Waals surface area contributed by atoms with Crippen LogP contribution in [0.15, 0.2) is 29.8 Å². The largest absolute Gasteiger partial charge is 0.490 e. The second-order valence-electron chi connectivity index (χ2n) is 6.45. The Morgan fingerprint density at radius 2 is 2.14 bits per heavy atom. The van der Waals surface area contributed by atoms with E-state index in [9.17, 15) is 4.79 Å². The molecule has 3 heteroatoms. The first-order valence-electron chi connectivity index (χ1n) is 8.40. The molecule has 0 spiro atoms. The second kappa shape index (κ2) is 6.54. The molecule has 2 aliphatic carbocycles. The van der Waals surface area contributed by atoms with Crippen LogP contribution in [-0.2, 0) is 16.6 Å². The standard InChI is InChI=1S/C19H25O2P/c1-2-3-9-19-10-8-16(20)12-15(19)5-4-14-11-17(21-13-22)6-7-18(14)19/h6-7,11-12H,2-5,8-10,13,22H2,1H3. The Morgan fingerprint density at radius 3 is 2.91 bits per heavy atom. The molecule has 0 saturated heterocycles. The van der Waals surface area contributed by atoms with Gasteiger partial charge in [0.15, 0.2) is 5.78 Å². The SMILES string of the molecule is CCCCC12CCC(=O)C=C1CCc1cc(OCP)ccc12. The number of aryl methyl sites for hydroxylation is 1. The monoisotopic (exact) mass is 316 g/mol. The van der Waals surface area contributed by atoms with Crippen LogP contribution in [0.25, 0.3) is 0 Å². The summed E-state index contributed by atoms with van der Waals surface area (Å²) >= 11 is 0. The normalized spacial score (nSPS) is 23.5. The van der Waals surface area contributed by atoms with Crippen molar-refractivity contribution in [3.8, 4) is 5.75 Å². The van der Waals surface area contributed by atoms with Gasteiger partial charge in [0.25, 0.3) is 0 Å². The van der Waals surface area contributed by atoms with Crippen LogP contribution in [-0.4, -0.2) is 12.1 Å². The summed E-state index contributed by atoms with van der Waals surface area (Å²) in [6.07, 6.45) is 9.88. The van der Waals surface area contributed by atoms with Gasteiger partial charge < -0.3 is 4.74 Å². The van der Waals surface area contributed by atoms with E-state index in [4.69, 9.17) is 4.74 Å². The zero-order chi connectivity index (χ0) is 15.6. The molecule has 22 heavy (non-hydrogen) atoms.